The van der Waals surface area contributed by atoms with E-state index in [1.165, 1.54) is 19.2 Å². The van der Waals surface area contributed by atoms with E-state index in [0.29, 0.717) is 0 Å². The molecule has 204 valence electrons. The van der Waals surface area contributed by atoms with Crippen LogP contribution in [0.4, 0.5) is 4.39 Å². The summed E-state index contributed by atoms with van der Waals surface area (Å²) < 4.78 is 27.2. The molecule has 3 aromatic rings. The molecule has 0 spiro atoms. The number of ether oxygens (including phenoxy) is 1. The van der Waals surface area contributed by atoms with E-state index in [2.05, 4.69) is 58.3 Å². The molecule has 0 aliphatic carbocycles. The van der Waals surface area contributed by atoms with E-state index in [1.54, 1.807) is 18.2 Å². The standard InChI is InChI=1S/C31H40FNO4Si/c1-21(2)33-27-12-10-9-11-26(27)30(22-13-15-23(32)16-14-22)28(33)18-17-24(34)19-25(20-29(35)36-6)37-38(7,8)31(3,4)5/h9-18,21,25H,19-20H2,1-8H3/b18-17+/t25-/m1/s1. The second-order valence-corrected chi connectivity index (χ2v) is 16.3. The zero-order chi connectivity index (χ0) is 28.3. The van der Waals surface area contributed by atoms with Gasteiger partial charge in [0.1, 0.15) is 5.82 Å². The Morgan fingerprint density at radius 3 is 2.24 bits per heavy atom. The summed E-state index contributed by atoms with van der Waals surface area (Å²) >= 11 is 0. The predicted octanol–water partition coefficient (Wildman–Crippen LogP) is 7.95. The second-order valence-electron chi connectivity index (χ2n) is 11.5. The van der Waals surface area contributed by atoms with Gasteiger partial charge in [-0.1, -0.05) is 51.1 Å². The zero-order valence-electron chi connectivity index (χ0n) is 23.8. The largest absolute Gasteiger partial charge is 0.469 e. The van der Waals surface area contributed by atoms with Crippen molar-refractivity contribution in [2.75, 3.05) is 7.11 Å². The Hall–Kier alpha value is -3.03. The van der Waals surface area contributed by atoms with Crippen molar-refractivity contribution >= 4 is 37.0 Å². The van der Waals surface area contributed by atoms with Crippen molar-refractivity contribution in [3.05, 3.63) is 66.1 Å². The first-order valence-electron chi connectivity index (χ1n) is 13.1. The molecule has 0 radical (unpaired) electrons. The van der Waals surface area contributed by atoms with Crippen molar-refractivity contribution < 1.29 is 23.1 Å². The number of aromatic nitrogens is 1. The number of hydrogen-bond donors (Lipinski definition) is 0. The molecule has 0 saturated heterocycles. The van der Waals surface area contributed by atoms with E-state index in [4.69, 9.17) is 9.16 Å². The Balaban J connectivity index is 2.01. The molecule has 0 aliphatic rings. The van der Waals surface area contributed by atoms with Crippen LogP contribution in [0, 0.1) is 5.82 Å². The lowest BCUT2D eigenvalue weighted by Crippen LogP contribution is -2.44. The number of halogens is 1. The fourth-order valence-electron chi connectivity index (χ4n) is 4.41. The fraction of sp³-hybridized carbons (Fsp3) is 0.419. The second kappa shape index (κ2) is 11.8. The van der Waals surface area contributed by atoms with E-state index in [9.17, 15) is 14.0 Å². The van der Waals surface area contributed by atoms with Gasteiger partial charge in [-0.05, 0) is 67.9 Å². The molecular formula is C31H40FNO4Si. The van der Waals surface area contributed by atoms with E-state index < -0.39 is 20.4 Å². The van der Waals surface area contributed by atoms with Crippen LogP contribution < -0.4 is 0 Å². The van der Waals surface area contributed by atoms with E-state index >= 15 is 0 Å². The van der Waals surface area contributed by atoms with Crippen molar-refractivity contribution in [3.63, 3.8) is 0 Å². The topological polar surface area (TPSA) is 57.5 Å². The molecule has 2 aromatic carbocycles. The van der Waals surface area contributed by atoms with E-state index in [-0.39, 0.29) is 35.5 Å². The van der Waals surface area contributed by atoms with Crippen molar-refractivity contribution in [2.45, 2.75) is 77.7 Å². The molecule has 38 heavy (non-hydrogen) atoms. The number of benzene rings is 2. The average molecular weight is 538 g/mol. The minimum absolute atomic E-state index is 0.0235. The lowest BCUT2D eigenvalue weighted by Gasteiger charge is -2.39. The minimum atomic E-state index is -2.22. The Morgan fingerprint density at radius 1 is 1.03 bits per heavy atom. The number of methoxy groups -OCH3 is 1. The number of rotatable bonds is 10. The van der Waals surface area contributed by atoms with Gasteiger partial charge in [0.2, 0.25) is 0 Å². The zero-order valence-corrected chi connectivity index (χ0v) is 24.8. The molecule has 1 atom stereocenters. The summed E-state index contributed by atoms with van der Waals surface area (Å²) in [5.74, 6) is -0.834. The maximum absolute atomic E-state index is 13.7. The molecular weight excluding hydrogens is 497 g/mol. The average Bonchev–Trinajstić information content (AvgIpc) is 3.16. The smallest absolute Gasteiger partial charge is 0.308 e. The van der Waals surface area contributed by atoms with Gasteiger partial charge in [-0.25, -0.2) is 4.39 Å². The summed E-state index contributed by atoms with van der Waals surface area (Å²) in [6, 6.07) is 14.6. The van der Waals surface area contributed by atoms with Gasteiger partial charge in [0.25, 0.3) is 0 Å². The van der Waals surface area contributed by atoms with Gasteiger partial charge in [0.15, 0.2) is 14.1 Å². The number of allylic oxidation sites excluding steroid dienone is 1. The van der Waals surface area contributed by atoms with Gasteiger partial charge in [-0.15, -0.1) is 0 Å². The highest BCUT2D eigenvalue weighted by molar-refractivity contribution is 6.74. The molecule has 1 heterocycles. The van der Waals surface area contributed by atoms with Gasteiger partial charge in [-0.3, -0.25) is 9.59 Å². The first-order chi connectivity index (χ1) is 17.7. The Labute approximate surface area is 226 Å². The Morgan fingerprint density at radius 2 is 1.66 bits per heavy atom. The lowest BCUT2D eigenvalue weighted by molar-refractivity contribution is -0.142. The minimum Gasteiger partial charge on any atom is -0.469 e. The van der Waals surface area contributed by atoms with Gasteiger partial charge in [0, 0.05) is 28.9 Å². The highest BCUT2D eigenvalue weighted by atomic mass is 28.4. The van der Waals surface area contributed by atoms with Crippen LogP contribution in [0.25, 0.3) is 28.1 Å². The lowest BCUT2D eigenvalue weighted by atomic mass is 10.0. The SMILES string of the molecule is COC(=O)C[C@@H](CC(=O)/C=C/c1c(-c2ccc(F)cc2)c2ccccc2n1C(C)C)O[Si](C)(C)C(C)(C)C. The molecule has 1 aromatic heterocycles. The normalized spacial score (nSPS) is 13.4. The van der Waals surface area contributed by atoms with Gasteiger partial charge in [0.05, 0.1) is 25.3 Å². The van der Waals surface area contributed by atoms with Crippen LogP contribution in [-0.4, -0.2) is 37.9 Å². The third kappa shape index (κ3) is 6.69. The van der Waals surface area contributed by atoms with Crippen molar-refractivity contribution in [2.24, 2.45) is 0 Å². The summed E-state index contributed by atoms with van der Waals surface area (Å²) in [6.45, 7) is 14.8. The fourth-order valence-corrected chi connectivity index (χ4v) is 5.76. The van der Waals surface area contributed by atoms with Crippen LogP contribution in [0.1, 0.15) is 59.2 Å². The maximum Gasteiger partial charge on any atom is 0.308 e. The van der Waals surface area contributed by atoms with Gasteiger partial charge in [-0.2, -0.15) is 0 Å². The van der Waals surface area contributed by atoms with Crippen LogP contribution in [0.2, 0.25) is 18.1 Å². The molecule has 0 bridgehead atoms. The predicted molar refractivity (Wildman–Crippen MR) is 155 cm³/mol. The molecule has 0 amide bonds. The summed E-state index contributed by atoms with van der Waals surface area (Å²) in [5, 5.41) is 0.965. The van der Waals surface area contributed by atoms with Crippen molar-refractivity contribution in [1.29, 1.82) is 0 Å². The molecule has 0 N–H and O–H groups in total. The summed E-state index contributed by atoms with van der Waals surface area (Å²) in [7, 11) is -0.882. The van der Waals surface area contributed by atoms with E-state index in [1.807, 2.05) is 24.3 Å². The Bertz CT molecular complexity index is 1320. The molecule has 0 saturated carbocycles. The first-order valence-corrected chi connectivity index (χ1v) is 16.0. The first kappa shape index (κ1) is 29.5. The van der Waals surface area contributed by atoms with E-state index in [0.717, 1.165) is 27.7 Å². The quantitative estimate of drug-likeness (QED) is 0.150. The highest BCUT2D eigenvalue weighted by Crippen LogP contribution is 2.39. The number of carbonyl (C=O) groups excluding carboxylic acids is 2. The Kier molecular flexibility index (Phi) is 9.16. The summed E-state index contributed by atoms with van der Waals surface area (Å²) in [4.78, 5) is 25.4. The van der Waals surface area contributed by atoms with Gasteiger partial charge < -0.3 is 13.7 Å². The number of hydrogen-bond acceptors (Lipinski definition) is 4. The van der Waals surface area contributed by atoms with Gasteiger partial charge >= 0.3 is 5.97 Å². The molecule has 3 rings (SSSR count). The van der Waals surface area contributed by atoms with Crippen molar-refractivity contribution in [3.8, 4) is 11.1 Å². The number of fused-ring (bicyclic) bond motifs is 1. The van der Waals surface area contributed by atoms with Crippen LogP contribution in [0.5, 0.6) is 0 Å². The number of nitrogens with zero attached hydrogens (tertiary/aromatic N) is 1. The van der Waals surface area contributed by atoms with Crippen LogP contribution in [0.15, 0.2) is 54.6 Å². The number of para-hydroxylation sites is 1. The highest BCUT2D eigenvalue weighted by Gasteiger charge is 2.40. The monoisotopic (exact) mass is 537 g/mol. The summed E-state index contributed by atoms with van der Waals surface area (Å²) in [6.07, 6.45) is 2.94. The molecule has 0 fully saturated rings. The summed E-state index contributed by atoms with van der Waals surface area (Å²) in [5.41, 5.74) is 3.73. The maximum atomic E-state index is 13.7. The van der Waals surface area contributed by atoms with Crippen molar-refractivity contribution in [1.82, 2.24) is 4.57 Å². The van der Waals surface area contributed by atoms with Crippen LogP contribution in [-0.2, 0) is 18.8 Å². The molecule has 5 nitrogen and oxygen atoms in total. The third-order valence-electron chi connectivity index (χ3n) is 7.34. The molecule has 0 aliphatic heterocycles. The number of carbonyl (C=O) groups is 2. The van der Waals surface area contributed by atoms with Crippen LogP contribution >= 0.6 is 0 Å². The number of esters is 1. The molecule has 7 heteroatoms. The molecule has 0 unspecified atom stereocenters. The van der Waals surface area contributed by atoms with Crippen LogP contribution in [0.3, 0.4) is 0 Å². The third-order valence-corrected chi connectivity index (χ3v) is 11.9. The number of ketones is 1.